The molecule has 0 aliphatic carbocycles. The van der Waals surface area contributed by atoms with Crippen molar-refractivity contribution in [2.45, 2.75) is 6.42 Å². The molecule has 0 bridgehead atoms. The first-order valence-electron chi connectivity index (χ1n) is 8.33. The third-order valence-corrected chi connectivity index (χ3v) is 4.70. The van der Waals surface area contributed by atoms with E-state index in [2.05, 4.69) is 10.1 Å². The van der Waals surface area contributed by atoms with Gasteiger partial charge >= 0.3 is 0 Å². The molecule has 2 heterocycles. The van der Waals surface area contributed by atoms with Crippen LogP contribution in [0.5, 0.6) is 11.5 Å². The van der Waals surface area contributed by atoms with Crippen LogP contribution in [0.3, 0.4) is 0 Å². The van der Waals surface area contributed by atoms with Crippen LogP contribution < -0.4 is 9.75 Å². The first kappa shape index (κ1) is 18.9. The lowest BCUT2D eigenvalue weighted by atomic mass is 10.1. The van der Waals surface area contributed by atoms with E-state index in [-0.39, 0.29) is 27.2 Å². The largest absolute Gasteiger partial charge is 0.454 e. The second kappa shape index (κ2) is 7.51. The Morgan fingerprint density at radius 2 is 1.86 bits per heavy atom. The number of hydrogen-bond acceptors (Lipinski definition) is 6. The summed E-state index contributed by atoms with van der Waals surface area (Å²) in [5.41, 5.74) is 0.680. The molecule has 1 aliphatic heterocycles. The number of hydrogen-bond donors (Lipinski definition) is 0. The number of hydrazone groups is 1. The van der Waals surface area contributed by atoms with E-state index in [9.17, 15) is 9.59 Å². The molecular weight excluding hydrogens is 415 g/mol. The van der Waals surface area contributed by atoms with Crippen LogP contribution in [0.25, 0.3) is 10.9 Å². The summed E-state index contributed by atoms with van der Waals surface area (Å²) in [4.78, 5) is 28.0. The first-order chi connectivity index (χ1) is 14.0. The minimum Gasteiger partial charge on any atom is -0.454 e. The summed E-state index contributed by atoms with van der Waals surface area (Å²) < 4.78 is 5.84. The summed E-state index contributed by atoms with van der Waals surface area (Å²) in [7, 11) is 0. The van der Waals surface area contributed by atoms with Crippen LogP contribution in [0.15, 0.2) is 53.8 Å². The van der Waals surface area contributed by atoms with E-state index in [1.165, 1.54) is 12.1 Å². The molecule has 29 heavy (non-hydrogen) atoms. The van der Waals surface area contributed by atoms with E-state index in [4.69, 9.17) is 33.2 Å². The predicted molar refractivity (Wildman–Crippen MR) is 108 cm³/mol. The molecule has 0 saturated heterocycles. The van der Waals surface area contributed by atoms with Gasteiger partial charge in [0.25, 0.3) is 5.91 Å². The summed E-state index contributed by atoms with van der Waals surface area (Å²) in [5, 5.41) is 14.9. The summed E-state index contributed by atoms with van der Waals surface area (Å²) in [6.45, 7) is 0. The number of amides is 1. The zero-order valence-electron chi connectivity index (χ0n) is 14.6. The maximum absolute atomic E-state index is 12.2. The van der Waals surface area contributed by atoms with Gasteiger partial charge in [-0.3, -0.25) is 14.6 Å². The van der Waals surface area contributed by atoms with Crippen molar-refractivity contribution in [2.24, 2.45) is 5.10 Å². The van der Waals surface area contributed by atoms with Crippen LogP contribution in [0, 0.1) is 11.3 Å². The van der Waals surface area contributed by atoms with Gasteiger partial charge in [0, 0.05) is 11.6 Å². The average molecular weight is 425 g/mol. The molecule has 1 aromatic heterocycles. The number of ketones is 1. The molecule has 0 radical (unpaired) electrons. The Labute approximate surface area is 174 Å². The highest BCUT2D eigenvalue weighted by Crippen LogP contribution is 2.40. The highest BCUT2D eigenvalue weighted by Gasteiger charge is 2.29. The SMILES string of the molecule is N#CC1=NN(c2cc(Cl)c(Oc3ccc4ncccc4c3)c(Cl)c2)C(=O)CC1=O. The molecule has 0 N–H and O–H groups in total. The van der Waals surface area contributed by atoms with Crippen LogP contribution in [-0.4, -0.2) is 22.4 Å². The number of benzene rings is 2. The summed E-state index contributed by atoms with van der Waals surface area (Å²) >= 11 is 12.7. The van der Waals surface area contributed by atoms with Gasteiger partial charge in [-0.15, -0.1) is 0 Å². The van der Waals surface area contributed by atoms with Gasteiger partial charge in [-0.2, -0.15) is 15.4 Å². The Morgan fingerprint density at radius 3 is 2.59 bits per heavy atom. The van der Waals surface area contributed by atoms with E-state index in [0.29, 0.717) is 5.75 Å². The first-order valence-corrected chi connectivity index (χ1v) is 9.08. The molecule has 1 aliphatic rings. The van der Waals surface area contributed by atoms with Crippen molar-refractivity contribution in [3.63, 3.8) is 0 Å². The maximum atomic E-state index is 12.2. The molecule has 0 spiro atoms. The van der Waals surface area contributed by atoms with E-state index in [1.807, 2.05) is 18.2 Å². The van der Waals surface area contributed by atoms with Gasteiger partial charge in [-0.05, 0) is 36.4 Å². The van der Waals surface area contributed by atoms with Gasteiger partial charge in [0.15, 0.2) is 5.75 Å². The van der Waals surface area contributed by atoms with Gasteiger partial charge in [-0.1, -0.05) is 29.3 Å². The monoisotopic (exact) mass is 424 g/mol. The molecule has 9 heteroatoms. The lowest BCUT2D eigenvalue weighted by Gasteiger charge is -2.22. The van der Waals surface area contributed by atoms with E-state index < -0.39 is 18.1 Å². The van der Waals surface area contributed by atoms with E-state index in [1.54, 1.807) is 24.4 Å². The Kier molecular flexibility index (Phi) is 4.89. The molecular formula is C20H10Cl2N4O3. The minimum atomic E-state index is -0.628. The number of carbonyl (C=O) groups excluding carboxylic acids is 2. The molecule has 4 rings (SSSR count). The third kappa shape index (κ3) is 3.63. The number of anilines is 1. The Bertz CT molecular complexity index is 1230. The maximum Gasteiger partial charge on any atom is 0.255 e. The van der Waals surface area contributed by atoms with Crippen LogP contribution in [-0.2, 0) is 9.59 Å². The van der Waals surface area contributed by atoms with E-state index >= 15 is 0 Å². The number of rotatable bonds is 3. The lowest BCUT2D eigenvalue weighted by Crippen LogP contribution is -2.36. The van der Waals surface area contributed by atoms with Gasteiger partial charge in [0.1, 0.15) is 11.8 Å². The highest BCUT2D eigenvalue weighted by atomic mass is 35.5. The standard InChI is InChI=1S/C20H10Cl2N4O3/c21-14-7-12(26-19(28)9-18(27)17(10-23)25-26)8-15(22)20(14)29-13-3-4-16-11(6-13)2-1-5-24-16/h1-8H,9H2. The molecule has 0 unspecified atom stereocenters. The summed E-state index contributed by atoms with van der Waals surface area (Å²) in [6, 6.07) is 13.6. The molecule has 0 atom stereocenters. The van der Waals surface area contributed by atoms with Crippen molar-refractivity contribution in [2.75, 3.05) is 5.01 Å². The highest BCUT2D eigenvalue weighted by molar-refractivity contribution is 6.50. The number of carbonyl (C=O) groups is 2. The average Bonchev–Trinajstić information content (AvgIpc) is 2.70. The van der Waals surface area contributed by atoms with Crippen LogP contribution in [0.1, 0.15) is 6.42 Å². The Hall–Kier alpha value is -3.47. The quantitative estimate of drug-likeness (QED) is 0.575. The van der Waals surface area contributed by atoms with Crippen molar-refractivity contribution in [1.82, 2.24) is 4.98 Å². The van der Waals surface area contributed by atoms with Crippen molar-refractivity contribution < 1.29 is 14.3 Å². The number of fused-ring (bicyclic) bond motifs is 1. The van der Waals surface area contributed by atoms with Gasteiger partial charge in [-0.25, -0.2) is 0 Å². The van der Waals surface area contributed by atoms with Crippen molar-refractivity contribution >= 4 is 57.2 Å². The van der Waals surface area contributed by atoms with Gasteiger partial charge < -0.3 is 4.74 Å². The second-order valence-electron chi connectivity index (χ2n) is 6.06. The second-order valence-corrected chi connectivity index (χ2v) is 6.88. The number of nitrogens with zero attached hydrogens (tertiary/aromatic N) is 4. The number of halogens is 2. The smallest absolute Gasteiger partial charge is 0.255 e. The molecule has 0 fully saturated rings. The van der Waals surface area contributed by atoms with Crippen molar-refractivity contribution in [3.05, 3.63) is 58.7 Å². The van der Waals surface area contributed by atoms with E-state index in [0.717, 1.165) is 15.9 Å². The van der Waals surface area contributed by atoms with Crippen LogP contribution >= 0.6 is 23.2 Å². The molecule has 2 aromatic carbocycles. The van der Waals surface area contributed by atoms with Gasteiger partial charge in [0.2, 0.25) is 11.5 Å². The lowest BCUT2D eigenvalue weighted by molar-refractivity contribution is -0.124. The summed E-state index contributed by atoms with van der Waals surface area (Å²) in [6.07, 6.45) is 1.25. The minimum absolute atomic E-state index is 0.136. The number of aromatic nitrogens is 1. The number of Topliss-reactive ketones (excluding diaryl/α,β-unsaturated/α-hetero) is 1. The van der Waals surface area contributed by atoms with Gasteiger partial charge in [0.05, 0.1) is 27.7 Å². The predicted octanol–water partition coefficient (Wildman–Crippen LogP) is 4.52. The Balaban J connectivity index is 1.68. The van der Waals surface area contributed by atoms with Crippen LogP contribution in [0.2, 0.25) is 10.0 Å². The fourth-order valence-corrected chi connectivity index (χ4v) is 3.35. The molecule has 7 nitrogen and oxygen atoms in total. The third-order valence-electron chi connectivity index (χ3n) is 4.14. The summed E-state index contributed by atoms with van der Waals surface area (Å²) in [5.74, 6) is -0.509. The topological polar surface area (TPSA) is 95.7 Å². The molecule has 142 valence electrons. The fraction of sp³-hybridized carbons (Fsp3) is 0.0500. The molecule has 1 amide bonds. The fourth-order valence-electron chi connectivity index (χ4n) is 2.80. The van der Waals surface area contributed by atoms with Crippen LogP contribution in [0.4, 0.5) is 5.69 Å². The van der Waals surface area contributed by atoms with Crippen molar-refractivity contribution in [1.29, 1.82) is 5.26 Å². The zero-order valence-corrected chi connectivity index (χ0v) is 16.1. The molecule has 3 aromatic rings. The van der Waals surface area contributed by atoms with Crippen molar-refractivity contribution in [3.8, 4) is 17.6 Å². The molecule has 0 saturated carbocycles. The number of pyridine rings is 1. The Morgan fingerprint density at radius 1 is 1.10 bits per heavy atom. The number of nitriles is 1. The number of ether oxygens (including phenoxy) is 1. The zero-order chi connectivity index (χ0) is 20.5. The normalized spacial score (nSPS) is 14.0.